The predicted octanol–water partition coefficient (Wildman–Crippen LogP) is 1.62. The maximum atomic E-state index is 12.7. The standard InChI is InChI=1S/C9H16F2N2O2/c1-9(2,3)15-8(14)13-5-7(11)6(10)4-12/h4-5,12H2,1-3H3,(H,13,14)/b7-6+. The van der Waals surface area contributed by atoms with Gasteiger partial charge in [-0.15, -0.1) is 0 Å². The number of rotatable bonds is 3. The van der Waals surface area contributed by atoms with Crippen molar-refractivity contribution in [2.45, 2.75) is 26.4 Å². The fraction of sp³-hybridized carbons (Fsp3) is 0.667. The summed E-state index contributed by atoms with van der Waals surface area (Å²) in [6.45, 7) is 3.91. The summed E-state index contributed by atoms with van der Waals surface area (Å²) in [4.78, 5) is 11.0. The van der Waals surface area contributed by atoms with Gasteiger partial charge in [0.05, 0.1) is 6.54 Å². The third-order valence-electron chi connectivity index (χ3n) is 1.26. The molecule has 0 aliphatic rings. The molecule has 0 saturated heterocycles. The van der Waals surface area contributed by atoms with Gasteiger partial charge in [-0.1, -0.05) is 0 Å². The summed E-state index contributed by atoms with van der Waals surface area (Å²) in [5.74, 6) is -2.17. The first kappa shape index (κ1) is 13.8. The van der Waals surface area contributed by atoms with Crippen LogP contribution in [-0.2, 0) is 4.74 Å². The largest absolute Gasteiger partial charge is 0.444 e. The Morgan fingerprint density at radius 3 is 2.27 bits per heavy atom. The number of nitrogens with two attached hydrogens (primary N) is 1. The van der Waals surface area contributed by atoms with Gasteiger partial charge in [0.15, 0.2) is 5.83 Å². The molecule has 4 nitrogen and oxygen atoms in total. The second-order valence-corrected chi connectivity index (χ2v) is 3.87. The molecule has 6 heteroatoms. The lowest BCUT2D eigenvalue weighted by Crippen LogP contribution is -2.33. The lowest BCUT2D eigenvalue weighted by Gasteiger charge is -2.19. The van der Waals surface area contributed by atoms with E-state index in [1.807, 2.05) is 0 Å². The monoisotopic (exact) mass is 222 g/mol. The van der Waals surface area contributed by atoms with Crippen LogP contribution in [0.25, 0.3) is 0 Å². The Balaban J connectivity index is 4.03. The predicted molar refractivity (Wildman–Crippen MR) is 52.5 cm³/mol. The minimum atomic E-state index is -1.09. The Kier molecular flexibility index (Phi) is 5.21. The van der Waals surface area contributed by atoms with Crippen molar-refractivity contribution in [3.05, 3.63) is 11.7 Å². The number of amides is 1. The zero-order chi connectivity index (χ0) is 12.1. The Morgan fingerprint density at radius 1 is 1.33 bits per heavy atom. The molecule has 0 heterocycles. The fourth-order valence-electron chi connectivity index (χ4n) is 0.671. The van der Waals surface area contributed by atoms with E-state index >= 15 is 0 Å². The van der Waals surface area contributed by atoms with Gasteiger partial charge in [0, 0.05) is 6.54 Å². The van der Waals surface area contributed by atoms with Crippen LogP contribution in [0.2, 0.25) is 0 Å². The van der Waals surface area contributed by atoms with Gasteiger partial charge in [0.1, 0.15) is 11.4 Å². The average Bonchev–Trinajstić information content (AvgIpc) is 2.10. The van der Waals surface area contributed by atoms with E-state index in [2.05, 4.69) is 5.32 Å². The number of carbonyl (C=O) groups excluding carboxylic acids is 1. The van der Waals surface area contributed by atoms with E-state index in [0.29, 0.717) is 0 Å². The second kappa shape index (κ2) is 5.65. The van der Waals surface area contributed by atoms with Crippen LogP contribution in [0.5, 0.6) is 0 Å². The maximum absolute atomic E-state index is 12.7. The average molecular weight is 222 g/mol. The minimum absolute atomic E-state index is 0.526. The quantitative estimate of drug-likeness (QED) is 0.762. The summed E-state index contributed by atoms with van der Waals surface area (Å²) in [5, 5.41) is 2.06. The van der Waals surface area contributed by atoms with Crippen LogP contribution in [-0.4, -0.2) is 24.8 Å². The molecule has 0 aromatic rings. The molecular weight excluding hydrogens is 206 g/mol. The molecule has 15 heavy (non-hydrogen) atoms. The number of halogens is 2. The highest BCUT2D eigenvalue weighted by molar-refractivity contribution is 5.67. The summed E-state index contributed by atoms with van der Waals surface area (Å²) in [5.41, 5.74) is 4.19. The summed E-state index contributed by atoms with van der Waals surface area (Å²) in [7, 11) is 0. The summed E-state index contributed by atoms with van der Waals surface area (Å²) >= 11 is 0. The van der Waals surface area contributed by atoms with Gasteiger partial charge < -0.3 is 15.8 Å². The number of ether oxygens (including phenoxy) is 1. The van der Waals surface area contributed by atoms with Crippen LogP contribution in [0, 0.1) is 0 Å². The number of hydrogen-bond acceptors (Lipinski definition) is 3. The topological polar surface area (TPSA) is 64.3 Å². The van der Waals surface area contributed by atoms with Crippen molar-refractivity contribution >= 4 is 6.09 Å². The van der Waals surface area contributed by atoms with Gasteiger partial charge in [-0.05, 0) is 20.8 Å². The molecule has 0 bridgehead atoms. The lowest BCUT2D eigenvalue weighted by atomic mass is 10.2. The Hall–Kier alpha value is -1.17. The van der Waals surface area contributed by atoms with Gasteiger partial charge in [-0.3, -0.25) is 0 Å². The molecule has 0 unspecified atom stereocenters. The number of nitrogens with one attached hydrogen (secondary N) is 1. The third kappa shape index (κ3) is 6.84. The third-order valence-corrected chi connectivity index (χ3v) is 1.26. The molecule has 0 radical (unpaired) electrons. The normalized spacial score (nSPS) is 13.2. The van der Waals surface area contributed by atoms with Crippen molar-refractivity contribution in [3.8, 4) is 0 Å². The fourth-order valence-corrected chi connectivity index (χ4v) is 0.671. The molecule has 0 aliphatic carbocycles. The van der Waals surface area contributed by atoms with Crippen LogP contribution in [0.1, 0.15) is 20.8 Å². The molecule has 0 aromatic carbocycles. The van der Waals surface area contributed by atoms with E-state index in [0.717, 1.165) is 0 Å². The molecule has 1 amide bonds. The molecule has 0 aliphatic heterocycles. The molecule has 0 rings (SSSR count). The number of hydrogen-bond donors (Lipinski definition) is 2. The molecule has 88 valence electrons. The first-order chi connectivity index (χ1) is 6.76. The van der Waals surface area contributed by atoms with Crippen LogP contribution >= 0.6 is 0 Å². The van der Waals surface area contributed by atoms with Gasteiger partial charge in [-0.25, -0.2) is 13.6 Å². The van der Waals surface area contributed by atoms with E-state index in [1.54, 1.807) is 20.8 Å². The van der Waals surface area contributed by atoms with Crippen molar-refractivity contribution < 1.29 is 18.3 Å². The van der Waals surface area contributed by atoms with E-state index in [1.165, 1.54) is 0 Å². The van der Waals surface area contributed by atoms with E-state index in [9.17, 15) is 13.6 Å². The van der Waals surface area contributed by atoms with E-state index in [-0.39, 0.29) is 0 Å². The SMILES string of the molecule is CC(C)(C)OC(=O)NC/C(F)=C(\F)CN. The minimum Gasteiger partial charge on any atom is -0.444 e. The van der Waals surface area contributed by atoms with Crippen LogP contribution < -0.4 is 11.1 Å². The highest BCUT2D eigenvalue weighted by atomic mass is 19.2. The Labute approximate surface area is 87.5 Å². The smallest absolute Gasteiger partial charge is 0.408 e. The van der Waals surface area contributed by atoms with Crippen molar-refractivity contribution in [2.24, 2.45) is 5.73 Å². The molecule has 0 spiro atoms. The zero-order valence-electron chi connectivity index (χ0n) is 9.06. The van der Waals surface area contributed by atoms with Crippen molar-refractivity contribution in [2.75, 3.05) is 13.1 Å². The van der Waals surface area contributed by atoms with Crippen LogP contribution in [0.4, 0.5) is 13.6 Å². The first-order valence-electron chi connectivity index (χ1n) is 4.46. The summed E-state index contributed by atoms with van der Waals surface area (Å²) in [6.07, 6.45) is -0.803. The Morgan fingerprint density at radius 2 is 1.87 bits per heavy atom. The van der Waals surface area contributed by atoms with Gasteiger partial charge >= 0.3 is 6.09 Å². The maximum Gasteiger partial charge on any atom is 0.408 e. The summed E-state index contributed by atoms with van der Waals surface area (Å²) in [6, 6.07) is 0. The van der Waals surface area contributed by atoms with Gasteiger partial charge in [0.25, 0.3) is 0 Å². The molecular formula is C9H16F2N2O2. The highest BCUT2D eigenvalue weighted by Gasteiger charge is 2.16. The Bertz CT molecular complexity index is 259. The zero-order valence-corrected chi connectivity index (χ0v) is 9.06. The van der Waals surface area contributed by atoms with Crippen molar-refractivity contribution in [1.82, 2.24) is 5.32 Å². The van der Waals surface area contributed by atoms with Crippen LogP contribution in [0.15, 0.2) is 11.7 Å². The van der Waals surface area contributed by atoms with Gasteiger partial charge in [0.2, 0.25) is 0 Å². The number of alkyl carbamates (subject to hydrolysis) is 1. The second-order valence-electron chi connectivity index (χ2n) is 3.87. The first-order valence-corrected chi connectivity index (χ1v) is 4.46. The van der Waals surface area contributed by atoms with Gasteiger partial charge in [-0.2, -0.15) is 0 Å². The van der Waals surface area contributed by atoms with Crippen LogP contribution in [0.3, 0.4) is 0 Å². The highest BCUT2D eigenvalue weighted by Crippen LogP contribution is 2.08. The summed E-state index contributed by atoms with van der Waals surface area (Å²) < 4.78 is 30.1. The van der Waals surface area contributed by atoms with E-state index < -0.39 is 36.4 Å². The number of carbonyl (C=O) groups is 1. The molecule has 0 aromatic heterocycles. The molecule has 0 atom stereocenters. The molecule has 3 N–H and O–H groups in total. The van der Waals surface area contributed by atoms with E-state index in [4.69, 9.17) is 10.5 Å². The van der Waals surface area contributed by atoms with Crippen molar-refractivity contribution in [1.29, 1.82) is 0 Å². The lowest BCUT2D eigenvalue weighted by molar-refractivity contribution is 0.0529. The molecule has 0 fully saturated rings. The molecule has 0 saturated carbocycles. The van der Waals surface area contributed by atoms with Crippen molar-refractivity contribution in [3.63, 3.8) is 0 Å².